The maximum absolute atomic E-state index is 10.7. The first-order valence-electron chi connectivity index (χ1n) is 4.52. The highest BCUT2D eigenvalue weighted by Gasteiger charge is 2.21. The van der Waals surface area contributed by atoms with Gasteiger partial charge in [0.2, 0.25) is 0 Å². The molecule has 0 spiro atoms. The molecule has 1 atom stereocenters. The summed E-state index contributed by atoms with van der Waals surface area (Å²) in [6.07, 6.45) is 0.455. The minimum atomic E-state index is -0.328. The number of halogens is 1. The summed E-state index contributed by atoms with van der Waals surface area (Å²) in [5, 5.41) is 2.72. The number of anilines is 1. The Morgan fingerprint density at radius 1 is 1.40 bits per heavy atom. The fourth-order valence-corrected chi connectivity index (χ4v) is 1.47. The maximum Gasteiger partial charge on any atom is 0.407 e. The van der Waals surface area contributed by atoms with Crippen molar-refractivity contribution < 1.29 is 9.53 Å². The summed E-state index contributed by atoms with van der Waals surface area (Å²) in [4.78, 5) is 10.7. The van der Waals surface area contributed by atoms with E-state index in [1.54, 1.807) is 0 Å². The second kappa shape index (κ2) is 4.89. The average molecular weight is 229 g/mol. The summed E-state index contributed by atoms with van der Waals surface area (Å²) in [7, 11) is 0. The molecule has 1 unspecified atom stereocenters. The molecule has 15 heavy (non-hydrogen) atoms. The second-order valence-electron chi connectivity index (χ2n) is 3.39. The monoisotopic (exact) mass is 228 g/mol. The van der Waals surface area contributed by atoms with Gasteiger partial charge in [0, 0.05) is 5.69 Å². The van der Waals surface area contributed by atoms with Gasteiger partial charge in [0.25, 0.3) is 0 Å². The van der Waals surface area contributed by atoms with Crippen molar-refractivity contribution in [1.82, 2.24) is 5.32 Å². The molecule has 0 aromatic heterocycles. The first-order valence-corrected chi connectivity index (χ1v) is 4.52. The predicted molar refractivity (Wildman–Crippen MR) is 60.1 cm³/mol. The molecule has 82 valence electrons. The molecule has 0 saturated carbocycles. The first kappa shape index (κ1) is 11.7. The van der Waals surface area contributed by atoms with Gasteiger partial charge in [0.15, 0.2) is 0 Å². The van der Waals surface area contributed by atoms with Crippen LogP contribution in [0.5, 0.6) is 0 Å². The van der Waals surface area contributed by atoms with E-state index in [-0.39, 0.29) is 24.5 Å². The van der Waals surface area contributed by atoms with Crippen LogP contribution in [0.15, 0.2) is 24.3 Å². The van der Waals surface area contributed by atoms with Crippen molar-refractivity contribution in [2.45, 2.75) is 12.5 Å². The molecular formula is C10H13ClN2O2. The van der Waals surface area contributed by atoms with Gasteiger partial charge in [-0.1, -0.05) is 12.1 Å². The van der Waals surface area contributed by atoms with Crippen molar-refractivity contribution in [3.05, 3.63) is 29.8 Å². The fraction of sp³-hybridized carbons (Fsp3) is 0.300. The van der Waals surface area contributed by atoms with E-state index in [4.69, 9.17) is 10.5 Å². The van der Waals surface area contributed by atoms with E-state index < -0.39 is 0 Å². The highest BCUT2D eigenvalue weighted by atomic mass is 35.5. The molecule has 3 N–H and O–H groups in total. The van der Waals surface area contributed by atoms with Gasteiger partial charge in [-0.05, 0) is 24.1 Å². The summed E-state index contributed by atoms with van der Waals surface area (Å²) in [5.74, 6) is 0. The van der Waals surface area contributed by atoms with Crippen LogP contribution in [0.25, 0.3) is 0 Å². The topological polar surface area (TPSA) is 64.3 Å². The Balaban J connectivity index is 0.00000112. The molecule has 0 bridgehead atoms. The standard InChI is InChI=1S/C10H12N2O2.ClH/c11-8-3-1-7(2-4-8)5-9-6-14-10(13)12-9;/h1-4,9H,5-6,11H2,(H,12,13);1H. The fourth-order valence-electron chi connectivity index (χ4n) is 1.47. The van der Waals surface area contributed by atoms with E-state index in [2.05, 4.69) is 5.32 Å². The zero-order chi connectivity index (χ0) is 9.97. The zero-order valence-electron chi connectivity index (χ0n) is 8.10. The third-order valence-corrected chi connectivity index (χ3v) is 2.20. The quantitative estimate of drug-likeness (QED) is 0.751. The summed E-state index contributed by atoms with van der Waals surface area (Å²) >= 11 is 0. The summed E-state index contributed by atoms with van der Waals surface area (Å²) in [5.41, 5.74) is 7.46. The lowest BCUT2D eigenvalue weighted by Gasteiger charge is -2.06. The highest BCUT2D eigenvalue weighted by molar-refractivity contribution is 5.85. The minimum absolute atomic E-state index is 0. The number of nitrogens with one attached hydrogen (secondary N) is 1. The summed E-state index contributed by atoms with van der Waals surface area (Å²) < 4.78 is 4.79. The molecule has 1 amide bonds. The molecule has 1 saturated heterocycles. The van der Waals surface area contributed by atoms with Gasteiger partial charge in [-0.3, -0.25) is 0 Å². The maximum atomic E-state index is 10.7. The lowest BCUT2D eigenvalue weighted by Crippen LogP contribution is -2.28. The molecule has 1 aliphatic heterocycles. The second-order valence-corrected chi connectivity index (χ2v) is 3.39. The number of amides is 1. The van der Waals surface area contributed by atoms with Gasteiger partial charge >= 0.3 is 6.09 Å². The van der Waals surface area contributed by atoms with Crippen molar-refractivity contribution in [2.24, 2.45) is 0 Å². The summed E-state index contributed by atoms with van der Waals surface area (Å²) in [6, 6.07) is 7.71. The van der Waals surface area contributed by atoms with Gasteiger partial charge in [-0.2, -0.15) is 0 Å². The molecule has 0 radical (unpaired) electrons. The number of nitrogen functional groups attached to an aromatic ring is 1. The van der Waals surface area contributed by atoms with Crippen LogP contribution in [0.3, 0.4) is 0 Å². The van der Waals surface area contributed by atoms with Crippen LogP contribution in [-0.2, 0) is 11.2 Å². The molecule has 1 aliphatic rings. The SMILES string of the molecule is Cl.Nc1ccc(CC2COC(=O)N2)cc1. The smallest absolute Gasteiger partial charge is 0.407 e. The van der Waals surface area contributed by atoms with E-state index in [9.17, 15) is 4.79 Å². The van der Waals surface area contributed by atoms with Gasteiger partial charge < -0.3 is 15.8 Å². The van der Waals surface area contributed by atoms with Gasteiger partial charge in [-0.15, -0.1) is 12.4 Å². The lowest BCUT2D eigenvalue weighted by atomic mass is 10.1. The van der Waals surface area contributed by atoms with Gasteiger partial charge in [0.05, 0.1) is 6.04 Å². The predicted octanol–water partition coefficient (Wildman–Crippen LogP) is 1.34. The molecule has 1 aromatic carbocycles. The molecule has 2 rings (SSSR count). The number of alkyl carbamates (subject to hydrolysis) is 1. The van der Waals surface area contributed by atoms with Crippen molar-refractivity contribution in [3.8, 4) is 0 Å². The van der Waals surface area contributed by atoms with Crippen molar-refractivity contribution in [1.29, 1.82) is 0 Å². The Kier molecular flexibility index (Phi) is 3.80. The Morgan fingerprint density at radius 2 is 2.07 bits per heavy atom. The van der Waals surface area contributed by atoms with Crippen LogP contribution < -0.4 is 11.1 Å². The number of benzene rings is 1. The van der Waals surface area contributed by atoms with E-state index in [0.29, 0.717) is 6.61 Å². The lowest BCUT2D eigenvalue weighted by molar-refractivity contribution is 0.177. The van der Waals surface area contributed by atoms with Crippen molar-refractivity contribution in [3.63, 3.8) is 0 Å². The zero-order valence-corrected chi connectivity index (χ0v) is 8.92. The minimum Gasteiger partial charge on any atom is -0.447 e. The number of cyclic esters (lactones) is 1. The van der Waals surface area contributed by atoms with Gasteiger partial charge in [0.1, 0.15) is 6.61 Å². The van der Waals surface area contributed by atoms with Crippen LogP contribution in [-0.4, -0.2) is 18.7 Å². The van der Waals surface area contributed by atoms with Crippen LogP contribution in [0.4, 0.5) is 10.5 Å². The number of ether oxygens (including phenoxy) is 1. The Labute approximate surface area is 94.2 Å². The number of rotatable bonds is 2. The largest absolute Gasteiger partial charge is 0.447 e. The van der Waals surface area contributed by atoms with Crippen LogP contribution in [0.2, 0.25) is 0 Å². The molecule has 1 aromatic rings. The third-order valence-electron chi connectivity index (χ3n) is 2.20. The highest BCUT2D eigenvalue weighted by Crippen LogP contribution is 2.10. The molecule has 1 heterocycles. The molecule has 5 heteroatoms. The number of hydrogen-bond donors (Lipinski definition) is 2. The molecule has 4 nitrogen and oxygen atoms in total. The number of carbonyl (C=O) groups excluding carboxylic acids is 1. The van der Waals surface area contributed by atoms with E-state index >= 15 is 0 Å². The number of carbonyl (C=O) groups is 1. The first-order chi connectivity index (χ1) is 6.74. The normalized spacial score (nSPS) is 18.9. The van der Waals surface area contributed by atoms with Crippen molar-refractivity contribution in [2.75, 3.05) is 12.3 Å². The van der Waals surface area contributed by atoms with Crippen LogP contribution in [0.1, 0.15) is 5.56 Å². The Morgan fingerprint density at radius 3 is 2.60 bits per heavy atom. The van der Waals surface area contributed by atoms with Crippen LogP contribution >= 0.6 is 12.4 Å². The van der Waals surface area contributed by atoms with Crippen LogP contribution in [0, 0.1) is 0 Å². The number of hydrogen-bond acceptors (Lipinski definition) is 3. The average Bonchev–Trinajstić information content (AvgIpc) is 2.56. The van der Waals surface area contributed by atoms with E-state index in [1.165, 1.54) is 0 Å². The van der Waals surface area contributed by atoms with E-state index in [1.807, 2.05) is 24.3 Å². The third kappa shape index (κ3) is 3.02. The number of nitrogens with two attached hydrogens (primary N) is 1. The van der Waals surface area contributed by atoms with E-state index in [0.717, 1.165) is 17.7 Å². The Hall–Kier alpha value is -1.42. The molecular weight excluding hydrogens is 216 g/mol. The summed E-state index contributed by atoms with van der Waals surface area (Å²) in [6.45, 7) is 0.448. The van der Waals surface area contributed by atoms with Crippen molar-refractivity contribution >= 4 is 24.2 Å². The Bertz CT molecular complexity index is 340. The van der Waals surface area contributed by atoms with Gasteiger partial charge in [-0.25, -0.2) is 4.79 Å². The molecule has 0 aliphatic carbocycles. The molecule has 1 fully saturated rings.